The molecule has 0 saturated carbocycles. The second kappa shape index (κ2) is 7.47. The largest absolute Gasteiger partial charge is 0.353 e. The molecule has 0 radical (unpaired) electrons. The molecule has 2 rings (SSSR count). The van der Waals surface area contributed by atoms with Crippen LogP contribution in [0.25, 0.3) is 0 Å². The number of hydrogen-bond acceptors (Lipinski definition) is 3. The molecule has 0 aliphatic heterocycles. The summed E-state index contributed by atoms with van der Waals surface area (Å²) in [7, 11) is 0. The molecule has 2 unspecified atom stereocenters. The van der Waals surface area contributed by atoms with E-state index in [1.54, 1.807) is 18.7 Å². The highest BCUT2D eigenvalue weighted by Crippen LogP contribution is 2.22. The van der Waals surface area contributed by atoms with Gasteiger partial charge in [-0.15, -0.1) is 11.8 Å². The highest BCUT2D eigenvalue weighted by molar-refractivity contribution is 8.00. The predicted octanol–water partition coefficient (Wildman–Crippen LogP) is 3.16. The summed E-state index contributed by atoms with van der Waals surface area (Å²) < 4.78 is 0. The lowest BCUT2D eigenvalue weighted by Crippen LogP contribution is -2.50. The fourth-order valence-corrected chi connectivity index (χ4v) is 3.05. The highest BCUT2D eigenvalue weighted by Gasteiger charge is 2.30. The summed E-state index contributed by atoms with van der Waals surface area (Å²) >= 11 is 1.74. The van der Waals surface area contributed by atoms with E-state index in [4.69, 9.17) is 5.73 Å². The van der Waals surface area contributed by atoms with Crippen LogP contribution in [-0.2, 0) is 10.3 Å². The van der Waals surface area contributed by atoms with Gasteiger partial charge in [0, 0.05) is 16.7 Å². The van der Waals surface area contributed by atoms with Crippen molar-refractivity contribution in [2.45, 2.75) is 29.5 Å². The van der Waals surface area contributed by atoms with Crippen molar-refractivity contribution in [3.05, 3.63) is 66.2 Å². The topological polar surface area (TPSA) is 55.1 Å². The van der Waals surface area contributed by atoms with E-state index in [9.17, 15) is 4.79 Å². The zero-order valence-electron chi connectivity index (χ0n) is 13.0. The molecule has 0 aliphatic carbocycles. The van der Waals surface area contributed by atoms with Gasteiger partial charge in [-0.3, -0.25) is 4.79 Å². The molecule has 1 amide bonds. The molecule has 2 aromatic carbocycles. The van der Waals surface area contributed by atoms with Gasteiger partial charge in [-0.1, -0.05) is 55.5 Å². The molecular weight excluding hydrogens is 292 g/mol. The van der Waals surface area contributed by atoms with E-state index in [1.165, 1.54) is 4.90 Å². The second-order valence-corrected chi connectivity index (χ2v) is 7.03. The Balaban J connectivity index is 1.89. The fourth-order valence-electron chi connectivity index (χ4n) is 2.11. The van der Waals surface area contributed by atoms with Crippen molar-refractivity contribution in [3.63, 3.8) is 0 Å². The number of nitrogens with one attached hydrogen (secondary N) is 1. The monoisotopic (exact) mass is 314 g/mol. The summed E-state index contributed by atoms with van der Waals surface area (Å²) in [4.78, 5) is 13.6. The summed E-state index contributed by atoms with van der Waals surface area (Å²) in [6.07, 6.45) is 0. The quantitative estimate of drug-likeness (QED) is 0.805. The van der Waals surface area contributed by atoms with Gasteiger partial charge < -0.3 is 11.1 Å². The third-order valence-corrected chi connectivity index (χ3v) is 4.59. The van der Waals surface area contributed by atoms with Crippen molar-refractivity contribution in [1.82, 2.24) is 5.32 Å². The van der Waals surface area contributed by atoms with Crippen molar-refractivity contribution in [2.75, 3.05) is 6.54 Å². The molecule has 0 bridgehead atoms. The van der Waals surface area contributed by atoms with Crippen LogP contribution in [0.2, 0.25) is 0 Å². The molecule has 0 fully saturated rings. The molecule has 4 heteroatoms. The maximum Gasteiger partial charge on any atom is 0.244 e. The van der Waals surface area contributed by atoms with Crippen LogP contribution >= 0.6 is 11.8 Å². The average molecular weight is 314 g/mol. The van der Waals surface area contributed by atoms with E-state index in [0.717, 1.165) is 5.56 Å². The summed E-state index contributed by atoms with van der Waals surface area (Å²) in [6, 6.07) is 19.6. The van der Waals surface area contributed by atoms with Gasteiger partial charge in [-0.25, -0.2) is 0 Å². The third kappa shape index (κ3) is 4.36. The number of benzene rings is 2. The maximum absolute atomic E-state index is 12.4. The van der Waals surface area contributed by atoms with Crippen molar-refractivity contribution in [3.8, 4) is 0 Å². The molecule has 0 aliphatic rings. The summed E-state index contributed by atoms with van der Waals surface area (Å²) in [6.45, 7) is 4.42. The average Bonchev–Trinajstić information content (AvgIpc) is 2.54. The van der Waals surface area contributed by atoms with Gasteiger partial charge in [0.2, 0.25) is 5.91 Å². The van der Waals surface area contributed by atoms with Crippen LogP contribution in [0.5, 0.6) is 0 Å². The molecule has 22 heavy (non-hydrogen) atoms. The van der Waals surface area contributed by atoms with E-state index in [0.29, 0.717) is 6.54 Å². The lowest BCUT2D eigenvalue weighted by atomic mass is 9.92. The number of carbonyl (C=O) groups excluding carboxylic acids is 1. The van der Waals surface area contributed by atoms with Crippen LogP contribution in [0.4, 0.5) is 0 Å². The number of thioether (sulfide) groups is 1. The molecule has 2 aromatic rings. The van der Waals surface area contributed by atoms with Crippen LogP contribution in [0.1, 0.15) is 19.4 Å². The Hall–Kier alpha value is -1.78. The Morgan fingerprint density at radius 2 is 1.68 bits per heavy atom. The normalized spacial score (nSPS) is 14.9. The van der Waals surface area contributed by atoms with Crippen LogP contribution < -0.4 is 11.1 Å². The van der Waals surface area contributed by atoms with Crippen LogP contribution in [0, 0.1) is 0 Å². The third-order valence-electron chi connectivity index (χ3n) is 3.48. The molecule has 116 valence electrons. The van der Waals surface area contributed by atoms with Crippen molar-refractivity contribution >= 4 is 17.7 Å². The number of rotatable bonds is 6. The first-order valence-electron chi connectivity index (χ1n) is 7.34. The molecule has 0 saturated heterocycles. The Labute approximate surface area is 136 Å². The first kappa shape index (κ1) is 16.6. The SMILES string of the molecule is CC(CNC(=O)C(C)(N)c1ccccc1)Sc1ccccc1. The van der Waals surface area contributed by atoms with Gasteiger partial charge in [-0.05, 0) is 24.6 Å². The summed E-state index contributed by atoms with van der Waals surface area (Å²) in [5.41, 5.74) is 6.00. The zero-order chi connectivity index (χ0) is 16.0. The van der Waals surface area contributed by atoms with Crippen LogP contribution in [-0.4, -0.2) is 17.7 Å². The summed E-state index contributed by atoms with van der Waals surface area (Å²) in [5, 5.41) is 3.23. The Bertz CT molecular complexity index is 599. The van der Waals surface area contributed by atoms with Gasteiger partial charge in [0.05, 0.1) is 0 Å². The highest BCUT2D eigenvalue weighted by atomic mass is 32.2. The van der Waals surface area contributed by atoms with Crippen molar-refractivity contribution in [2.24, 2.45) is 5.73 Å². The molecule has 0 heterocycles. The minimum Gasteiger partial charge on any atom is -0.353 e. The standard InChI is InChI=1S/C18H22N2OS/c1-14(22-16-11-7-4-8-12-16)13-20-17(21)18(2,19)15-9-5-3-6-10-15/h3-12,14H,13,19H2,1-2H3,(H,20,21). The van der Waals surface area contributed by atoms with Gasteiger partial charge in [-0.2, -0.15) is 0 Å². The zero-order valence-corrected chi connectivity index (χ0v) is 13.8. The number of carbonyl (C=O) groups is 1. The number of hydrogen-bond donors (Lipinski definition) is 2. The maximum atomic E-state index is 12.4. The molecule has 3 N–H and O–H groups in total. The lowest BCUT2D eigenvalue weighted by Gasteiger charge is -2.25. The molecule has 0 aromatic heterocycles. The fraction of sp³-hybridized carbons (Fsp3) is 0.278. The predicted molar refractivity (Wildman–Crippen MR) is 92.8 cm³/mol. The van der Waals surface area contributed by atoms with E-state index in [-0.39, 0.29) is 11.2 Å². The second-order valence-electron chi connectivity index (χ2n) is 5.52. The molecular formula is C18H22N2OS. The molecule has 0 spiro atoms. The minimum atomic E-state index is -1.02. The Morgan fingerprint density at radius 3 is 2.27 bits per heavy atom. The smallest absolute Gasteiger partial charge is 0.244 e. The minimum absolute atomic E-state index is 0.154. The van der Waals surface area contributed by atoms with Crippen LogP contribution in [0.15, 0.2) is 65.6 Å². The van der Waals surface area contributed by atoms with Crippen molar-refractivity contribution < 1.29 is 4.79 Å². The van der Waals surface area contributed by atoms with Crippen LogP contribution in [0.3, 0.4) is 0 Å². The van der Waals surface area contributed by atoms with E-state index >= 15 is 0 Å². The van der Waals surface area contributed by atoms with Gasteiger partial charge in [0.15, 0.2) is 0 Å². The first-order valence-corrected chi connectivity index (χ1v) is 8.22. The first-order chi connectivity index (χ1) is 10.5. The Morgan fingerprint density at radius 1 is 1.14 bits per heavy atom. The van der Waals surface area contributed by atoms with E-state index in [2.05, 4.69) is 24.4 Å². The lowest BCUT2D eigenvalue weighted by molar-refractivity contribution is -0.126. The number of nitrogens with two attached hydrogens (primary N) is 1. The van der Waals surface area contributed by atoms with Gasteiger partial charge in [0.1, 0.15) is 5.54 Å². The molecule has 2 atom stereocenters. The van der Waals surface area contributed by atoms with E-state index < -0.39 is 5.54 Å². The summed E-state index contributed by atoms with van der Waals surface area (Å²) in [5.74, 6) is -0.154. The van der Waals surface area contributed by atoms with Crippen molar-refractivity contribution in [1.29, 1.82) is 0 Å². The Kier molecular flexibility index (Phi) is 5.63. The van der Waals surface area contributed by atoms with Gasteiger partial charge >= 0.3 is 0 Å². The van der Waals surface area contributed by atoms with E-state index in [1.807, 2.05) is 48.5 Å². The number of amides is 1. The molecule has 3 nitrogen and oxygen atoms in total. The van der Waals surface area contributed by atoms with Gasteiger partial charge in [0.25, 0.3) is 0 Å².